The van der Waals surface area contributed by atoms with Crippen LogP contribution < -0.4 is 10.6 Å². The molecule has 0 aliphatic carbocycles. The summed E-state index contributed by atoms with van der Waals surface area (Å²) in [7, 11) is 0. The van der Waals surface area contributed by atoms with E-state index < -0.39 is 18.0 Å². The van der Waals surface area contributed by atoms with Gasteiger partial charge in [-0.15, -0.1) is 0 Å². The Kier molecular flexibility index (Phi) is 5.90. The number of halogens is 1. The molecule has 0 spiro atoms. The number of nitrogens with one attached hydrogen (secondary N) is 2. The second-order valence-electron chi connectivity index (χ2n) is 3.76. The predicted molar refractivity (Wildman–Crippen MR) is 77.6 cm³/mol. The number of carbonyl (C=O) groups excluding carboxylic acids is 1. The smallest absolute Gasteiger partial charge is 0.326 e. The summed E-state index contributed by atoms with van der Waals surface area (Å²) in [5.41, 5.74) is 0.663. The summed E-state index contributed by atoms with van der Waals surface area (Å²) < 4.78 is 0.896. The van der Waals surface area contributed by atoms with Crippen LogP contribution in [0.1, 0.15) is 19.8 Å². The highest BCUT2D eigenvalue weighted by Crippen LogP contribution is 2.16. The highest BCUT2D eigenvalue weighted by molar-refractivity contribution is 14.1. The summed E-state index contributed by atoms with van der Waals surface area (Å²) in [6, 6.07) is 5.94. The number of urea groups is 1. The summed E-state index contributed by atoms with van der Waals surface area (Å²) in [4.78, 5) is 22.6. The number of para-hydroxylation sites is 1. The lowest BCUT2D eigenvalue weighted by molar-refractivity contribution is -0.139. The van der Waals surface area contributed by atoms with Crippen molar-refractivity contribution in [2.24, 2.45) is 0 Å². The van der Waals surface area contributed by atoms with Crippen LogP contribution in [0.4, 0.5) is 10.5 Å². The summed E-state index contributed by atoms with van der Waals surface area (Å²) in [6.45, 7) is 1.87. The van der Waals surface area contributed by atoms with Crippen LogP contribution in [0.2, 0.25) is 0 Å². The van der Waals surface area contributed by atoms with Gasteiger partial charge in [-0.05, 0) is 41.1 Å². The van der Waals surface area contributed by atoms with Gasteiger partial charge in [0.2, 0.25) is 0 Å². The summed E-state index contributed by atoms with van der Waals surface area (Å²) >= 11 is 2.10. The second-order valence-corrected chi connectivity index (χ2v) is 4.92. The monoisotopic (exact) mass is 362 g/mol. The van der Waals surface area contributed by atoms with Crippen LogP contribution in [-0.2, 0) is 4.79 Å². The van der Waals surface area contributed by atoms with Gasteiger partial charge in [0.15, 0.2) is 0 Å². The zero-order valence-electron chi connectivity index (χ0n) is 9.94. The molecule has 0 fully saturated rings. The highest BCUT2D eigenvalue weighted by Gasteiger charge is 2.18. The third-order valence-corrected chi connectivity index (χ3v) is 3.24. The largest absolute Gasteiger partial charge is 0.480 e. The van der Waals surface area contributed by atoms with Crippen molar-refractivity contribution >= 4 is 40.3 Å². The molecule has 0 bridgehead atoms. The van der Waals surface area contributed by atoms with E-state index in [4.69, 9.17) is 5.11 Å². The number of rotatable bonds is 5. The van der Waals surface area contributed by atoms with Gasteiger partial charge in [-0.25, -0.2) is 9.59 Å². The molecule has 98 valence electrons. The minimum absolute atomic E-state index is 0.411. The van der Waals surface area contributed by atoms with E-state index in [2.05, 4.69) is 33.2 Å². The fourth-order valence-corrected chi connectivity index (χ4v) is 1.95. The Labute approximate surface area is 119 Å². The first-order valence-electron chi connectivity index (χ1n) is 5.59. The van der Waals surface area contributed by atoms with Gasteiger partial charge in [-0.1, -0.05) is 25.5 Å². The number of carboxylic acid groups (broad SMARTS) is 1. The Morgan fingerprint density at radius 1 is 1.39 bits per heavy atom. The van der Waals surface area contributed by atoms with Crippen molar-refractivity contribution in [3.05, 3.63) is 27.8 Å². The minimum Gasteiger partial charge on any atom is -0.480 e. The van der Waals surface area contributed by atoms with E-state index in [-0.39, 0.29) is 0 Å². The maximum absolute atomic E-state index is 11.7. The molecular weight excluding hydrogens is 347 g/mol. The Balaban J connectivity index is 2.61. The number of benzene rings is 1. The molecule has 0 heterocycles. The van der Waals surface area contributed by atoms with Gasteiger partial charge in [0.05, 0.1) is 5.69 Å². The van der Waals surface area contributed by atoms with Gasteiger partial charge < -0.3 is 15.7 Å². The van der Waals surface area contributed by atoms with Crippen LogP contribution in [0, 0.1) is 3.57 Å². The molecule has 0 unspecified atom stereocenters. The third kappa shape index (κ3) is 4.52. The zero-order valence-corrected chi connectivity index (χ0v) is 12.1. The first kappa shape index (κ1) is 14.7. The van der Waals surface area contributed by atoms with E-state index in [9.17, 15) is 9.59 Å². The number of hydrogen-bond donors (Lipinski definition) is 3. The molecule has 18 heavy (non-hydrogen) atoms. The molecule has 5 nitrogen and oxygen atoms in total. The Bertz CT molecular complexity index is 437. The molecule has 0 radical (unpaired) electrons. The molecule has 0 aromatic heterocycles. The quantitative estimate of drug-likeness (QED) is 0.705. The Morgan fingerprint density at radius 3 is 2.61 bits per heavy atom. The van der Waals surface area contributed by atoms with Gasteiger partial charge in [0.1, 0.15) is 6.04 Å². The van der Waals surface area contributed by atoms with Crippen LogP contribution in [0.25, 0.3) is 0 Å². The fraction of sp³-hybridized carbons (Fsp3) is 0.333. The third-order valence-electron chi connectivity index (χ3n) is 2.30. The Morgan fingerprint density at radius 2 is 2.06 bits per heavy atom. The van der Waals surface area contributed by atoms with E-state index in [0.29, 0.717) is 18.5 Å². The van der Waals surface area contributed by atoms with Crippen molar-refractivity contribution in [3.8, 4) is 0 Å². The minimum atomic E-state index is -1.02. The van der Waals surface area contributed by atoms with Crippen LogP contribution in [0.15, 0.2) is 24.3 Å². The number of carboxylic acids is 1. The van der Waals surface area contributed by atoms with Crippen molar-refractivity contribution in [3.63, 3.8) is 0 Å². The molecule has 0 aliphatic rings. The van der Waals surface area contributed by atoms with Crippen molar-refractivity contribution in [2.75, 3.05) is 5.32 Å². The highest BCUT2D eigenvalue weighted by atomic mass is 127. The van der Waals surface area contributed by atoms with E-state index in [1.54, 1.807) is 12.1 Å². The number of carbonyl (C=O) groups is 2. The molecule has 6 heteroatoms. The van der Waals surface area contributed by atoms with Gasteiger partial charge >= 0.3 is 12.0 Å². The fourth-order valence-electron chi connectivity index (χ4n) is 1.43. The maximum Gasteiger partial charge on any atom is 0.326 e. The molecular formula is C12H15IN2O3. The number of aliphatic carboxylic acids is 1. The van der Waals surface area contributed by atoms with Crippen LogP contribution in [0.3, 0.4) is 0 Å². The van der Waals surface area contributed by atoms with Gasteiger partial charge in [-0.3, -0.25) is 0 Å². The Hall–Kier alpha value is -1.31. The second kappa shape index (κ2) is 7.20. The summed E-state index contributed by atoms with van der Waals surface area (Å²) in [6.07, 6.45) is 1.11. The lowest BCUT2D eigenvalue weighted by Crippen LogP contribution is -2.42. The number of hydrogen-bond acceptors (Lipinski definition) is 2. The van der Waals surface area contributed by atoms with Crippen molar-refractivity contribution in [1.82, 2.24) is 5.32 Å². The first-order valence-corrected chi connectivity index (χ1v) is 6.67. The standard InChI is InChI=1S/C12H15IN2O3/c1-2-5-10(11(16)17)15-12(18)14-9-7-4-3-6-8(9)13/h3-4,6-7,10H,2,5H2,1H3,(H,16,17)(H2,14,15,18)/t10-/m1/s1. The molecule has 0 aliphatic heterocycles. The van der Waals surface area contributed by atoms with Crippen molar-refractivity contribution in [2.45, 2.75) is 25.8 Å². The summed E-state index contributed by atoms with van der Waals surface area (Å²) in [5.74, 6) is -1.02. The topological polar surface area (TPSA) is 78.4 Å². The molecule has 0 saturated carbocycles. The maximum atomic E-state index is 11.7. The van der Waals surface area contributed by atoms with Crippen LogP contribution >= 0.6 is 22.6 Å². The molecule has 1 aromatic rings. The zero-order chi connectivity index (χ0) is 13.5. The normalized spacial score (nSPS) is 11.7. The average Bonchev–Trinajstić information content (AvgIpc) is 2.31. The van der Waals surface area contributed by atoms with E-state index in [1.807, 2.05) is 19.1 Å². The predicted octanol–water partition coefficient (Wildman–Crippen LogP) is 2.67. The molecule has 1 aromatic carbocycles. The molecule has 3 N–H and O–H groups in total. The first-order chi connectivity index (χ1) is 8.54. The number of amides is 2. The van der Waals surface area contributed by atoms with Gasteiger partial charge in [-0.2, -0.15) is 0 Å². The van der Waals surface area contributed by atoms with Crippen LogP contribution in [-0.4, -0.2) is 23.1 Å². The lowest BCUT2D eigenvalue weighted by atomic mass is 10.2. The van der Waals surface area contributed by atoms with E-state index in [1.165, 1.54) is 0 Å². The average molecular weight is 362 g/mol. The van der Waals surface area contributed by atoms with Crippen LogP contribution in [0.5, 0.6) is 0 Å². The molecule has 1 atom stereocenters. The van der Waals surface area contributed by atoms with Crippen molar-refractivity contribution < 1.29 is 14.7 Å². The molecule has 1 rings (SSSR count). The van der Waals surface area contributed by atoms with E-state index in [0.717, 1.165) is 3.57 Å². The van der Waals surface area contributed by atoms with Gasteiger partial charge in [0, 0.05) is 3.57 Å². The SMILES string of the molecule is CCC[C@@H](NC(=O)Nc1ccccc1I)C(=O)O. The lowest BCUT2D eigenvalue weighted by Gasteiger charge is -2.14. The van der Waals surface area contributed by atoms with Crippen molar-refractivity contribution in [1.29, 1.82) is 0 Å². The summed E-state index contributed by atoms with van der Waals surface area (Å²) in [5, 5.41) is 14.0. The van der Waals surface area contributed by atoms with Gasteiger partial charge in [0.25, 0.3) is 0 Å². The number of anilines is 1. The molecule has 2 amide bonds. The molecule has 0 saturated heterocycles. The van der Waals surface area contributed by atoms with E-state index >= 15 is 0 Å².